The molecule has 0 bridgehead atoms. The van der Waals surface area contributed by atoms with Crippen molar-refractivity contribution in [3.8, 4) is 0 Å². The van der Waals surface area contributed by atoms with Crippen molar-refractivity contribution in [3.63, 3.8) is 0 Å². The average molecular weight is 456 g/mol. The van der Waals surface area contributed by atoms with Gasteiger partial charge in [-0.3, -0.25) is 9.59 Å². The highest BCUT2D eigenvalue weighted by Gasteiger charge is 2.32. The Balaban J connectivity index is 1.55. The monoisotopic (exact) mass is 456 g/mol. The van der Waals surface area contributed by atoms with Crippen LogP contribution in [-0.4, -0.2) is 21.8 Å². The van der Waals surface area contributed by atoms with Gasteiger partial charge in [0.05, 0.1) is 23.0 Å². The fourth-order valence-electron chi connectivity index (χ4n) is 3.23. The lowest BCUT2D eigenvalue weighted by molar-refractivity contribution is -0.137. The lowest BCUT2D eigenvalue weighted by Crippen LogP contribution is -2.17. The Morgan fingerprint density at radius 2 is 1.64 bits per heavy atom. The molecule has 0 radical (unpaired) electrons. The van der Waals surface area contributed by atoms with Gasteiger partial charge < -0.3 is 15.6 Å². The van der Waals surface area contributed by atoms with Gasteiger partial charge in [0, 0.05) is 22.8 Å². The van der Waals surface area contributed by atoms with E-state index >= 15 is 0 Å². The predicted octanol–water partition coefficient (Wildman–Crippen LogP) is 5.53. The van der Waals surface area contributed by atoms with Crippen molar-refractivity contribution in [3.05, 3.63) is 89.0 Å². The van der Waals surface area contributed by atoms with E-state index in [0.717, 1.165) is 5.39 Å². The molecular formula is C23H16F4N4O2. The first kappa shape index (κ1) is 22.0. The Morgan fingerprint density at radius 3 is 2.39 bits per heavy atom. The molecule has 2 aromatic carbocycles. The van der Waals surface area contributed by atoms with E-state index in [-0.39, 0.29) is 11.3 Å². The summed E-state index contributed by atoms with van der Waals surface area (Å²) in [6.07, 6.45) is -1.53. The first-order chi connectivity index (χ1) is 15.6. The normalized spacial score (nSPS) is 11.4. The number of hydrogen-bond donors (Lipinski definition) is 3. The van der Waals surface area contributed by atoms with E-state index in [1.54, 1.807) is 31.3 Å². The van der Waals surface area contributed by atoms with Gasteiger partial charge in [0.15, 0.2) is 0 Å². The van der Waals surface area contributed by atoms with Crippen LogP contribution in [0.3, 0.4) is 0 Å². The summed E-state index contributed by atoms with van der Waals surface area (Å²) in [7, 11) is 0. The second kappa shape index (κ2) is 8.38. The number of anilines is 2. The smallest absolute Gasteiger partial charge is 0.346 e. The predicted molar refractivity (Wildman–Crippen MR) is 115 cm³/mol. The van der Waals surface area contributed by atoms with Gasteiger partial charge in [-0.05, 0) is 55.0 Å². The molecule has 0 aliphatic heterocycles. The highest BCUT2D eigenvalue weighted by molar-refractivity contribution is 6.08. The highest BCUT2D eigenvalue weighted by Crippen LogP contribution is 2.30. The first-order valence-electron chi connectivity index (χ1n) is 9.65. The summed E-state index contributed by atoms with van der Waals surface area (Å²) in [5.41, 5.74) is 0.126. The molecule has 0 saturated carbocycles. The van der Waals surface area contributed by atoms with Crippen LogP contribution in [0.5, 0.6) is 0 Å². The number of alkyl halides is 3. The maximum Gasteiger partial charge on any atom is 0.416 e. The van der Waals surface area contributed by atoms with Gasteiger partial charge in [-0.1, -0.05) is 6.07 Å². The molecule has 0 spiro atoms. The van der Waals surface area contributed by atoms with Gasteiger partial charge in [-0.15, -0.1) is 0 Å². The molecule has 6 nitrogen and oxygen atoms in total. The number of fused-ring (bicyclic) bond motifs is 1. The van der Waals surface area contributed by atoms with E-state index in [9.17, 15) is 27.2 Å². The molecule has 0 saturated heterocycles. The summed E-state index contributed by atoms with van der Waals surface area (Å²) in [4.78, 5) is 32.4. The molecule has 0 aliphatic carbocycles. The number of nitrogens with one attached hydrogen (secondary N) is 3. The van der Waals surface area contributed by atoms with Crippen LogP contribution in [0.15, 0.2) is 60.9 Å². The van der Waals surface area contributed by atoms with Crippen LogP contribution >= 0.6 is 0 Å². The van der Waals surface area contributed by atoms with E-state index in [4.69, 9.17) is 0 Å². The molecule has 10 heteroatoms. The summed E-state index contributed by atoms with van der Waals surface area (Å²) < 4.78 is 52.8. The van der Waals surface area contributed by atoms with Gasteiger partial charge in [-0.2, -0.15) is 13.2 Å². The van der Waals surface area contributed by atoms with E-state index < -0.39 is 34.9 Å². The van der Waals surface area contributed by atoms with Crippen LogP contribution in [0.4, 0.5) is 28.9 Å². The average Bonchev–Trinajstić information content (AvgIpc) is 3.22. The minimum atomic E-state index is -4.73. The standard InChI is InChI=1S/C23H16F4N4O2/c1-12-2-4-15(30-22(33)18-9-14(23(25,26)27)3-5-19(18)24)10-17(12)21(32)31-16-8-13-6-7-28-20(13)29-11-16/h2-11H,1H3,(H,28,29)(H,30,33)(H,31,32). The van der Waals surface area contributed by atoms with Crippen molar-refractivity contribution in [1.82, 2.24) is 9.97 Å². The number of benzene rings is 2. The number of halogens is 4. The maximum absolute atomic E-state index is 14.0. The fourth-order valence-corrected chi connectivity index (χ4v) is 3.23. The Bertz CT molecular complexity index is 1380. The first-order valence-corrected chi connectivity index (χ1v) is 9.65. The molecular weight excluding hydrogens is 440 g/mol. The van der Waals surface area contributed by atoms with Gasteiger partial charge in [0.2, 0.25) is 0 Å². The molecule has 4 aromatic rings. The molecule has 168 valence electrons. The molecule has 4 rings (SSSR count). The van der Waals surface area contributed by atoms with E-state index in [0.29, 0.717) is 35.1 Å². The molecule has 33 heavy (non-hydrogen) atoms. The summed E-state index contributed by atoms with van der Waals surface area (Å²) in [6.45, 7) is 1.68. The second-order valence-corrected chi connectivity index (χ2v) is 7.27. The largest absolute Gasteiger partial charge is 0.416 e. The van der Waals surface area contributed by atoms with Crippen molar-refractivity contribution in [2.24, 2.45) is 0 Å². The van der Waals surface area contributed by atoms with Crippen LogP contribution in [0.1, 0.15) is 31.8 Å². The van der Waals surface area contributed by atoms with Crippen molar-refractivity contribution in [2.45, 2.75) is 13.1 Å². The van der Waals surface area contributed by atoms with Gasteiger partial charge in [0.1, 0.15) is 11.5 Å². The Kier molecular flexibility index (Phi) is 5.59. The van der Waals surface area contributed by atoms with Gasteiger partial charge in [-0.25, -0.2) is 9.37 Å². The molecule has 0 unspecified atom stereocenters. The number of carbonyl (C=O) groups excluding carboxylic acids is 2. The van der Waals surface area contributed by atoms with Crippen LogP contribution in [-0.2, 0) is 6.18 Å². The molecule has 0 atom stereocenters. The number of aromatic amines is 1. The quantitative estimate of drug-likeness (QED) is 0.353. The Hall–Kier alpha value is -4.21. The minimum absolute atomic E-state index is 0.117. The Morgan fingerprint density at radius 1 is 0.909 bits per heavy atom. The van der Waals surface area contributed by atoms with Crippen molar-refractivity contribution in [2.75, 3.05) is 10.6 Å². The third-order valence-corrected chi connectivity index (χ3v) is 4.94. The summed E-state index contributed by atoms with van der Waals surface area (Å²) in [5.74, 6) is -2.65. The lowest BCUT2D eigenvalue weighted by atomic mass is 10.1. The SMILES string of the molecule is Cc1ccc(NC(=O)c2cc(C(F)(F)F)ccc2F)cc1C(=O)Nc1cnc2[nH]ccc2c1. The molecule has 0 fully saturated rings. The van der Waals surface area contributed by atoms with Crippen LogP contribution in [0.25, 0.3) is 11.0 Å². The zero-order chi connectivity index (χ0) is 23.8. The molecule has 3 N–H and O–H groups in total. The van der Waals surface area contributed by atoms with E-state index in [2.05, 4.69) is 20.6 Å². The van der Waals surface area contributed by atoms with Gasteiger partial charge >= 0.3 is 6.18 Å². The summed E-state index contributed by atoms with van der Waals surface area (Å²) >= 11 is 0. The third kappa shape index (κ3) is 4.69. The Labute approximate surface area is 184 Å². The number of H-pyrrole nitrogens is 1. The molecule has 2 amide bonds. The number of amides is 2. The summed E-state index contributed by atoms with van der Waals surface area (Å²) in [6, 6.07) is 9.48. The fraction of sp³-hybridized carbons (Fsp3) is 0.0870. The second-order valence-electron chi connectivity index (χ2n) is 7.27. The van der Waals surface area contributed by atoms with Crippen LogP contribution < -0.4 is 10.6 Å². The number of rotatable bonds is 4. The lowest BCUT2D eigenvalue weighted by Gasteiger charge is -2.12. The molecule has 2 aromatic heterocycles. The van der Waals surface area contributed by atoms with E-state index in [1.165, 1.54) is 18.3 Å². The zero-order valence-electron chi connectivity index (χ0n) is 17.0. The van der Waals surface area contributed by atoms with Gasteiger partial charge in [0.25, 0.3) is 11.8 Å². The number of aryl methyl sites for hydroxylation is 1. The number of carbonyl (C=O) groups is 2. The van der Waals surface area contributed by atoms with Crippen molar-refractivity contribution in [1.29, 1.82) is 0 Å². The van der Waals surface area contributed by atoms with Crippen molar-refractivity contribution < 1.29 is 27.2 Å². The number of aromatic nitrogens is 2. The summed E-state index contributed by atoms with van der Waals surface area (Å²) in [5, 5.41) is 5.86. The van der Waals surface area contributed by atoms with Crippen LogP contribution in [0.2, 0.25) is 0 Å². The molecule has 0 aliphatic rings. The number of hydrogen-bond acceptors (Lipinski definition) is 3. The topological polar surface area (TPSA) is 86.9 Å². The third-order valence-electron chi connectivity index (χ3n) is 4.94. The van der Waals surface area contributed by atoms with E-state index in [1.807, 2.05) is 0 Å². The number of pyridine rings is 1. The highest BCUT2D eigenvalue weighted by atomic mass is 19.4. The minimum Gasteiger partial charge on any atom is -0.346 e. The maximum atomic E-state index is 14.0. The number of nitrogens with zero attached hydrogens (tertiary/aromatic N) is 1. The molecule has 2 heterocycles. The van der Waals surface area contributed by atoms with Crippen LogP contribution in [0, 0.1) is 12.7 Å². The van der Waals surface area contributed by atoms with Crippen molar-refractivity contribution >= 4 is 34.2 Å². The zero-order valence-corrected chi connectivity index (χ0v) is 17.0.